The molecular formula is C33H35N2+. The van der Waals surface area contributed by atoms with Crippen molar-refractivity contribution in [1.29, 1.82) is 0 Å². The summed E-state index contributed by atoms with van der Waals surface area (Å²) < 4.78 is 4.91. The Hall–Kier alpha value is -3.65. The van der Waals surface area contributed by atoms with Crippen LogP contribution in [-0.4, -0.2) is 4.57 Å². The van der Waals surface area contributed by atoms with E-state index in [0.717, 1.165) is 0 Å². The first-order chi connectivity index (χ1) is 16.9. The molecule has 1 aromatic heterocycles. The second kappa shape index (κ2) is 9.19. The highest BCUT2D eigenvalue weighted by Crippen LogP contribution is 2.37. The first kappa shape index (κ1) is 23.1. The summed E-state index contributed by atoms with van der Waals surface area (Å²) in [6.07, 6.45) is 0. The summed E-state index contributed by atoms with van der Waals surface area (Å²) in [5, 5.41) is 0. The average molecular weight is 460 g/mol. The molecule has 0 saturated carbocycles. The van der Waals surface area contributed by atoms with E-state index in [4.69, 9.17) is 0 Å². The Kier molecular flexibility index (Phi) is 6.06. The molecule has 0 fully saturated rings. The van der Waals surface area contributed by atoms with Crippen molar-refractivity contribution in [2.75, 3.05) is 0 Å². The van der Waals surface area contributed by atoms with Crippen LogP contribution < -0.4 is 4.57 Å². The monoisotopic (exact) mass is 459 g/mol. The molecule has 0 spiro atoms. The van der Waals surface area contributed by atoms with E-state index in [0.29, 0.717) is 11.8 Å². The van der Waals surface area contributed by atoms with Crippen LogP contribution in [-0.2, 0) is 7.05 Å². The number of para-hydroxylation sites is 1. The second-order valence-corrected chi connectivity index (χ2v) is 10.2. The van der Waals surface area contributed by atoms with Gasteiger partial charge in [-0.25, -0.2) is 4.57 Å². The zero-order valence-corrected chi connectivity index (χ0v) is 21.7. The Bertz CT molecular complexity index is 1480. The number of imidazole rings is 1. The molecule has 0 aliphatic carbocycles. The van der Waals surface area contributed by atoms with Gasteiger partial charge in [-0.2, -0.15) is 4.57 Å². The van der Waals surface area contributed by atoms with Crippen LogP contribution in [0.1, 0.15) is 56.2 Å². The molecule has 0 radical (unpaired) electrons. The van der Waals surface area contributed by atoms with Crippen LogP contribution in [0.4, 0.5) is 0 Å². The summed E-state index contributed by atoms with van der Waals surface area (Å²) in [6.45, 7) is 11.4. The maximum atomic E-state index is 2.52. The standard InChI is InChI=1S/C33H35N2/c1-22(2)27-17-12-18-28(23(3)4)32(27)35-30-20-19-26(25-14-8-7-9-15-25)21-31(30)34(6)33(35)29-16-11-10-13-24(29)5/h7-23H,1-6H3/q+1. The van der Waals surface area contributed by atoms with E-state index in [1.165, 1.54) is 55.9 Å². The minimum Gasteiger partial charge on any atom is -0.225 e. The van der Waals surface area contributed by atoms with Crippen LogP contribution in [0.5, 0.6) is 0 Å². The van der Waals surface area contributed by atoms with Gasteiger partial charge in [0.2, 0.25) is 0 Å². The normalized spacial score (nSPS) is 11.7. The van der Waals surface area contributed by atoms with Crippen molar-refractivity contribution in [1.82, 2.24) is 4.57 Å². The smallest absolute Gasteiger partial charge is 0.225 e. The molecule has 0 atom stereocenters. The third-order valence-electron chi connectivity index (χ3n) is 7.17. The highest BCUT2D eigenvalue weighted by atomic mass is 15.2. The quantitative estimate of drug-likeness (QED) is 0.234. The van der Waals surface area contributed by atoms with Gasteiger partial charge in [0, 0.05) is 11.1 Å². The maximum absolute atomic E-state index is 2.52. The highest BCUT2D eigenvalue weighted by Gasteiger charge is 2.31. The summed E-state index contributed by atoms with van der Waals surface area (Å²) in [5.41, 5.74) is 11.6. The molecule has 0 amide bonds. The molecule has 0 N–H and O–H groups in total. The zero-order chi connectivity index (χ0) is 24.7. The van der Waals surface area contributed by atoms with Crippen molar-refractivity contribution in [2.45, 2.75) is 46.5 Å². The number of aromatic nitrogens is 2. The first-order valence-electron chi connectivity index (χ1n) is 12.7. The van der Waals surface area contributed by atoms with Crippen LogP contribution in [0, 0.1) is 6.92 Å². The lowest BCUT2D eigenvalue weighted by molar-refractivity contribution is -0.633. The predicted molar refractivity (Wildman–Crippen MR) is 148 cm³/mol. The average Bonchev–Trinajstić information content (AvgIpc) is 3.15. The number of benzene rings is 4. The molecule has 4 aromatic carbocycles. The fourth-order valence-corrected chi connectivity index (χ4v) is 5.29. The topological polar surface area (TPSA) is 8.81 Å². The van der Waals surface area contributed by atoms with Crippen LogP contribution in [0.25, 0.3) is 39.2 Å². The van der Waals surface area contributed by atoms with Crippen LogP contribution in [0.2, 0.25) is 0 Å². The molecule has 0 aliphatic rings. The van der Waals surface area contributed by atoms with E-state index >= 15 is 0 Å². The van der Waals surface area contributed by atoms with Crippen LogP contribution in [0.15, 0.2) is 91.0 Å². The molecule has 0 unspecified atom stereocenters. The van der Waals surface area contributed by atoms with Crippen LogP contribution >= 0.6 is 0 Å². The minimum absolute atomic E-state index is 0.416. The van der Waals surface area contributed by atoms with Gasteiger partial charge < -0.3 is 0 Å². The van der Waals surface area contributed by atoms with Crippen molar-refractivity contribution >= 4 is 11.0 Å². The number of hydrogen-bond donors (Lipinski definition) is 0. The molecule has 2 nitrogen and oxygen atoms in total. The predicted octanol–water partition coefficient (Wildman–Crippen LogP) is 8.34. The largest absolute Gasteiger partial charge is 0.295 e. The molecule has 5 rings (SSSR count). The summed E-state index contributed by atoms with van der Waals surface area (Å²) >= 11 is 0. The van der Waals surface area contributed by atoms with Gasteiger partial charge in [-0.1, -0.05) is 94.4 Å². The van der Waals surface area contributed by atoms with E-state index in [1.807, 2.05) is 0 Å². The van der Waals surface area contributed by atoms with Gasteiger partial charge >= 0.3 is 0 Å². The van der Waals surface area contributed by atoms with Gasteiger partial charge in [0.05, 0.1) is 12.6 Å². The van der Waals surface area contributed by atoms with Crippen molar-refractivity contribution in [3.05, 3.63) is 108 Å². The summed E-state index contributed by atoms with van der Waals surface area (Å²) in [5.74, 6) is 2.05. The van der Waals surface area contributed by atoms with Crippen molar-refractivity contribution in [3.8, 4) is 28.2 Å². The van der Waals surface area contributed by atoms with E-state index in [9.17, 15) is 0 Å². The Labute approximate surface area is 209 Å². The summed E-state index contributed by atoms with van der Waals surface area (Å²) in [4.78, 5) is 0. The minimum atomic E-state index is 0.416. The Morgan fingerprint density at radius 1 is 0.657 bits per heavy atom. The third kappa shape index (κ3) is 3.97. The number of hydrogen-bond acceptors (Lipinski definition) is 0. The Morgan fingerprint density at radius 2 is 1.29 bits per heavy atom. The van der Waals surface area contributed by atoms with E-state index < -0.39 is 0 Å². The molecule has 0 bridgehead atoms. The summed E-state index contributed by atoms with van der Waals surface area (Å²) in [7, 11) is 2.21. The molecule has 5 aromatic rings. The van der Waals surface area contributed by atoms with E-state index in [1.54, 1.807) is 0 Å². The van der Waals surface area contributed by atoms with Gasteiger partial charge in [-0.3, -0.25) is 0 Å². The second-order valence-electron chi connectivity index (χ2n) is 10.2. The fraction of sp³-hybridized carbons (Fsp3) is 0.242. The van der Waals surface area contributed by atoms with Crippen molar-refractivity contribution in [2.24, 2.45) is 7.05 Å². The molecule has 35 heavy (non-hydrogen) atoms. The molecule has 0 saturated heterocycles. The highest BCUT2D eigenvalue weighted by molar-refractivity contribution is 5.85. The van der Waals surface area contributed by atoms with Gasteiger partial charge in [0.15, 0.2) is 11.0 Å². The zero-order valence-electron chi connectivity index (χ0n) is 21.7. The lowest BCUT2D eigenvalue weighted by atomic mass is 9.92. The third-order valence-corrected chi connectivity index (χ3v) is 7.17. The molecule has 2 heteroatoms. The number of nitrogens with zero attached hydrogens (tertiary/aromatic N) is 2. The van der Waals surface area contributed by atoms with Crippen molar-refractivity contribution in [3.63, 3.8) is 0 Å². The van der Waals surface area contributed by atoms with Gasteiger partial charge in [-0.05, 0) is 59.7 Å². The Morgan fingerprint density at radius 3 is 1.91 bits per heavy atom. The lowest BCUT2D eigenvalue weighted by Crippen LogP contribution is -2.30. The van der Waals surface area contributed by atoms with E-state index in [-0.39, 0.29) is 0 Å². The van der Waals surface area contributed by atoms with E-state index in [2.05, 4.69) is 142 Å². The SMILES string of the molecule is Cc1ccccc1-c1n(-c2c(C(C)C)cccc2C(C)C)c2ccc(-c3ccccc3)cc2[n+]1C. The van der Waals surface area contributed by atoms with Gasteiger partial charge in [0.25, 0.3) is 5.82 Å². The molecular weight excluding hydrogens is 424 g/mol. The van der Waals surface area contributed by atoms with Gasteiger partial charge in [-0.15, -0.1) is 0 Å². The molecule has 176 valence electrons. The number of fused-ring (bicyclic) bond motifs is 1. The van der Waals surface area contributed by atoms with Crippen LogP contribution in [0.3, 0.4) is 0 Å². The number of aryl methyl sites for hydroxylation is 2. The molecule has 0 aliphatic heterocycles. The first-order valence-corrected chi connectivity index (χ1v) is 12.7. The van der Waals surface area contributed by atoms with Crippen molar-refractivity contribution < 1.29 is 4.57 Å². The van der Waals surface area contributed by atoms with Gasteiger partial charge in [0.1, 0.15) is 5.69 Å². The maximum Gasteiger partial charge on any atom is 0.295 e. The summed E-state index contributed by atoms with van der Waals surface area (Å²) in [6, 6.07) is 33.2. The molecule has 1 heterocycles. The Balaban J connectivity index is 1.93. The number of rotatable bonds is 5. The fourth-order valence-electron chi connectivity index (χ4n) is 5.29. The lowest BCUT2D eigenvalue weighted by Gasteiger charge is -2.18.